The zero-order valence-electron chi connectivity index (χ0n) is 9.05. The molecule has 0 saturated carbocycles. The quantitative estimate of drug-likeness (QED) is 0.867. The van der Waals surface area contributed by atoms with Crippen molar-refractivity contribution < 1.29 is 4.21 Å². The number of halogens is 1. The summed E-state index contributed by atoms with van der Waals surface area (Å²) in [6.45, 7) is 1.83. The van der Waals surface area contributed by atoms with Crippen LogP contribution in [0.4, 0.5) is 0 Å². The predicted molar refractivity (Wildman–Crippen MR) is 74.6 cm³/mol. The van der Waals surface area contributed by atoms with Crippen LogP contribution in [0.2, 0.25) is 0 Å². The van der Waals surface area contributed by atoms with Gasteiger partial charge in [0.15, 0.2) is 0 Å². The van der Waals surface area contributed by atoms with Crippen LogP contribution in [0.25, 0.3) is 5.69 Å². The highest BCUT2D eigenvalue weighted by atomic mass is 79.9. The highest BCUT2D eigenvalue weighted by Gasteiger charge is 2.17. The second-order valence-corrected chi connectivity index (χ2v) is 6.95. The summed E-state index contributed by atoms with van der Waals surface area (Å²) in [5, 5.41) is 0. The van der Waals surface area contributed by atoms with Crippen molar-refractivity contribution in [1.29, 1.82) is 0 Å². The van der Waals surface area contributed by atoms with Crippen LogP contribution in [0.15, 0.2) is 43.8 Å². The van der Waals surface area contributed by atoms with Crippen molar-refractivity contribution in [3.63, 3.8) is 0 Å². The zero-order valence-corrected chi connectivity index (χ0v) is 12.3. The molecule has 0 bridgehead atoms. The molecule has 1 unspecified atom stereocenters. The van der Waals surface area contributed by atoms with E-state index >= 15 is 0 Å². The van der Waals surface area contributed by atoms with Crippen molar-refractivity contribution in [1.82, 2.24) is 3.96 Å². The first-order valence-corrected chi connectivity index (χ1v) is 7.89. The number of rotatable bonds is 3. The van der Waals surface area contributed by atoms with Crippen molar-refractivity contribution in [2.24, 2.45) is 0 Å². The summed E-state index contributed by atoms with van der Waals surface area (Å²) in [5.41, 5.74) is 0.639. The van der Waals surface area contributed by atoms with E-state index in [0.29, 0.717) is 14.4 Å². The standard InChI is InChI=1S/C11H10BrNO2S2/c1-2-17(15)11-9(12)10(14)13(16-11)8-6-4-3-5-7-8/h3-7H,2H2,1H3. The maximum absolute atomic E-state index is 12.0. The minimum Gasteiger partial charge on any atom is -0.267 e. The number of hydrogen-bond donors (Lipinski definition) is 0. The van der Waals surface area contributed by atoms with Gasteiger partial charge in [0.2, 0.25) is 0 Å². The van der Waals surface area contributed by atoms with E-state index in [0.717, 1.165) is 5.69 Å². The summed E-state index contributed by atoms with van der Waals surface area (Å²) in [7, 11) is -1.11. The summed E-state index contributed by atoms with van der Waals surface area (Å²) in [5.74, 6) is 0.507. The highest BCUT2D eigenvalue weighted by Crippen LogP contribution is 2.24. The van der Waals surface area contributed by atoms with E-state index in [1.165, 1.54) is 11.5 Å². The molecule has 1 aromatic carbocycles. The Morgan fingerprint density at radius 3 is 2.59 bits per heavy atom. The maximum Gasteiger partial charge on any atom is 0.280 e. The lowest BCUT2D eigenvalue weighted by Crippen LogP contribution is -2.11. The van der Waals surface area contributed by atoms with Crippen molar-refractivity contribution in [3.05, 3.63) is 45.2 Å². The number of hydrogen-bond acceptors (Lipinski definition) is 3. The topological polar surface area (TPSA) is 39.1 Å². The third kappa shape index (κ3) is 2.43. The number of para-hydroxylation sites is 1. The molecule has 17 heavy (non-hydrogen) atoms. The Morgan fingerprint density at radius 2 is 2.00 bits per heavy atom. The van der Waals surface area contributed by atoms with Gasteiger partial charge in [-0.15, -0.1) is 0 Å². The number of aromatic nitrogens is 1. The summed E-state index contributed by atoms with van der Waals surface area (Å²) < 4.78 is 14.3. The van der Waals surface area contributed by atoms with Gasteiger partial charge in [0, 0.05) is 5.75 Å². The van der Waals surface area contributed by atoms with E-state index in [2.05, 4.69) is 15.9 Å². The normalized spacial score (nSPS) is 12.6. The minimum absolute atomic E-state index is 0.155. The first-order valence-electron chi connectivity index (χ1n) is 5.00. The Bertz CT molecular complexity index is 604. The van der Waals surface area contributed by atoms with E-state index in [4.69, 9.17) is 0 Å². The molecule has 0 radical (unpaired) electrons. The molecule has 1 aromatic heterocycles. The Morgan fingerprint density at radius 1 is 1.35 bits per heavy atom. The van der Waals surface area contributed by atoms with Gasteiger partial charge in [-0.05, 0) is 39.6 Å². The highest BCUT2D eigenvalue weighted by molar-refractivity contribution is 9.10. The van der Waals surface area contributed by atoms with Gasteiger partial charge >= 0.3 is 0 Å². The van der Waals surface area contributed by atoms with E-state index in [9.17, 15) is 9.00 Å². The molecule has 0 fully saturated rings. The number of benzene rings is 1. The Kier molecular flexibility index (Phi) is 3.96. The third-order valence-electron chi connectivity index (χ3n) is 2.19. The van der Waals surface area contributed by atoms with Gasteiger partial charge in [-0.1, -0.05) is 25.1 Å². The molecule has 90 valence electrons. The lowest BCUT2D eigenvalue weighted by molar-refractivity contribution is 0.685. The van der Waals surface area contributed by atoms with Crippen molar-refractivity contribution in [2.45, 2.75) is 11.1 Å². The first-order chi connectivity index (χ1) is 8.15. The Hall–Kier alpha value is -0.720. The van der Waals surface area contributed by atoms with Gasteiger partial charge in [-0.2, -0.15) is 0 Å². The lowest BCUT2D eigenvalue weighted by Gasteiger charge is -1.98. The van der Waals surface area contributed by atoms with Gasteiger partial charge in [-0.3, -0.25) is 9.00 Å². The van der Waals surface area contributed by atoms with Crippen LogP contribution >= 0.6 is 27.5 Å². The Balaban J connectivity index is 2.59. The average Bonchev–Trinajstić information content (AvgIpc) is 2.67. The van der Waals surface area contributed by atoms with Gasteiger partial charge in [0.05, 0.1) is 16.5 Å². The van der Waals surface area contributed by atoms with Crippen LogP contribution in [0.5, 0.6) is 0 Å². The van der Waals surface area contributed by atoms with E-state index in [1.54, 1.807) is 3.96 Å². The fourth-order valence-electron chi connectivity index (χ4n) is 1.35. The summed E-state index contributed by atoms with van der Waals surface area (Å²) in [6.07, 6.45) is 0. The molecule has 0 aliphatic heterocycles. The molecular weight excluding hydrogens is 322 g/mol. The monoisotopic (exact) mass is 331 g/mol. The first kappa shape index (κ1) is 12.7. The second kappa shape index (κ2) is 5.29. The second-order valence-electron chi connectivity index (χ2n) is 3.26. The van der Waals surface area contributed by atoms with E-state index in [-0.39, 0.29) is 5.56 Å². The van der Waals surface area contributed by atoms with E-state index in [1.807, 2.05) is 37.3 Å². The van der Waals surface area contributed by atoms with Gasteiger partial charge in [0.1, 0.15) is 8.68 Å². The molecule has 1 atom stereocenters. The maximum atomic E-state index is 12.0. The molecule has 2 aromatic rings. The fraction of sp³-hybridized carbons (Fsp3) is 0.182. The van der Waals surface area contributed by atoms with Gasteiger partial charge < -0.3 is 0 Å². The predicted octanol–water partition coefficient (Wildman–Crippen LogP) is 2.79. The molecular formula is C11H10BrNO2S2. The smallest absolute Gasteiger partial charge is 0.267 e. The van der Waals surface area contributed by atoms with Crippen LogP contribution in [-0.2, 0) is 10.8 Å². The third-order valence-corrected chi connectivity index (χ3v) is 6.30. The summed E-state index contributed by atoms with van der Waals surface area (Å²) >= 11 is 4.45. The molecule has 0 N–H and O–H groups in total. The van der Waals surface area contributed by atoms with Crippen LogP contribution < -0.4 is 5.56 Å². The molecule has 0 amide bonds. The molecule has 0 aliphatic rings. The lowest BCUT2D eigenvalue weighted by atomic mass is 10.3. The van der Waals surface area contributed by atoms with Crippen molar-refractivity contribution in [3.8, 4) is 5.69 Å². The van der Waals surface area contributed by atoms with Crippen molar-refractivity contribution in [2.75, 3.05) is 5.75 Å². The van der Waals surface area contributed by atoms with Gasteiger partial charge in [0.25, 0.3) is 5.56 Å². The minimum atomic E-state index is -1.11. The van der Waals surface area contributed by atoms with Crippen molar-refractivity contribution >= 4 is 38.3 Å². The number of nitrogens with zero attached hydrogens (tertiary/aromatic N) is 1. The molecule has 2 rings (SSSR count). The van der Waals surface area contributed by atoms with Crippen LogP contribution in [0.1, 0.15) is 6.92 Å². The fourth-order valence-corrected chi connectivity index (χ4v) is 4.59. The molecule has 6 heteroatoms. The largest absolute Gasteiger partial charge is 0.280 e. The van der Waals surface area contributed by atoms with Crippen LogP contribution in [0.3, 0.4) is 0 Å². The molecule has 1 heterocycles. The average molecular weight is 332 g/mol. The van der Waals surface area contributed by atoms with Crippen LogP contribution in [0, 0.1) is 0 Å². The molecule has 3 nitrogen and oxygen atoms in total. The van der Waals surface area contributed by atoms with Crippen LogP contribution in [-0.4, -0.2) is 13.9 Å². The molecule has 0 aliphatic carbocycles. The molecule has 0 spiro atoms. The Labute approximate surface area is 114 Å². The van der Waals surface area contributed by atoms with Gasteiger partial charge in [-0.25, -0.2) is 3.96 Å². The zero-order chi connectivity index (χ0) is 12.4. The summed E-state index contributed by atoms with van der Waals surface area (Å²) in [6, 6.07) is 9.33. The van der Waals surface area contributed by atoms with E-state index < -0.39 is 10.8 Å². The summed E-state index contributed by atoms with van der Waals surface area (Å²) in [4.78, 5) is 12.0. The SMILES string of the molecule is CCS(=O)c1sn(-c2ccccc2)c(=O)c1Br. The molecule has 0 saturated heterocycles.